The van der Waals surface area contributed by atoms with E-state index in [2.05, 4.69) is 147 Å². The second-order valence-corrected chi connectivity index (χ2v) is 12.6. The first kappa shape index (κ1) is 25.5. The fourth-order valence-electron chi connectivity index (χ4n) is 7.95. The first-order chi connectivity index (χ1) is 22.6. The maximum atomic E-state index is 5.32. The highest BCUT2D eigenvalue weighted by Gasteiger charge is 2.20. The van der Waals surface area contributed by atoms with Crippen LogP contribution in [0.5, 0.6) is 0 Å². The molecule has 2 aromatic heterocycles. The van der Waals surface area contributed by atoms with Gasteiger partial charge in [-0.25, -0.2) is 0 Å². The molecule has 0 fully saturated rings. The fourth-order valence-corrected chi connectivity index (χ4v) is 7.95. The van der Waals surface area contributed by atoms with Gasteiger partial charge in [0.05, 0.1) is 11.0 Å². The largest absolute Gasteiger partial charge is 0.252 e. The summed E-state index contributed by atoms with van der Waals surface area (Å²) in [4.78, 5) is 10.6. The van der Waals surface area contributed by atoms with E-state index in [0.717, 1.165) is 33.2 Å². The van der Waals surface area contributed by atoms with Gasteiger partial charge >= 0.3 is 0 Å². The molecule has 0 bridgehead atoms. The van der Waals surface area contributed by atoms with Crippen molar-refractivity contribution >= 4 is 75.7 Å². The minimum Gasteiger partial charge on any atom is -0.252 e. The third-order valence-electron chi connectivity index (χ3n) is 9.96. The van der Waals surface area contributed by atoms with Gasteiger partial charge in [0.25, 0.3) is 0 Å². The molecule has 2 nitrogen and oxygen atoms in total. The normalized spacial score (nSPS) is 12.1. The Balaban J connectivity index is 1.30. The van der Waals surface area contributed by atoms with Crippen LogP contribution in [0.4, 0.5) is 0 Å². The zero-order chi connectivity index (χ0) is 30.5. The van der Waals surface area contributed by atoms with Crippen molar-refractivity contribution in [1.82, 2.24) is 9.97 Å². The molecule has 0 spiro atoms. The van der Waals surface area contributed by atoms with E-state index in [0.29, 0.717) is 0 Å². The Morgan fingerprint density at radius 1 is 0.348 bits per heavy atom. The van der Waals surface area contributed by atoms with Crippen molar-refractivity contribution in [2.75, 3.05) is 0 Å². The average molecular weight is 585 g/mol. The number of hydrogen-bond donors (Lipinski definition) is 0. The molecule has 0 amide bonds. The van der Waals surface area contributed by atoms with Crippen molar-refractivity contribution in [3.05, 3.63) is 145 Å². The van der Waals surface area contributed by atoms with Crippen LogP contribution >= 0.6 is 0 Å². The summed E-state index contributed by atoms with van der Waals surface area (Å²) in [6.07, 6.45) is 0. The SMILES string of the molecule is Cc1nc2cc(-c3c4ccccc4cc4ccccc34)cc3c(C)nc4cc(-c5c6ccccc6cc6ccccc56)cc1c4c23. The van der Waals surface area contributed by atoms with Gasteiger partial charge in [0.2, 0.25) is 0 Å². The quantitative estimate of drug-likeness (QED) is 0.149. The topological polar surface area (TPSA) is 25.8 Å². The first-order valence-corrected chi connectivity index (χ1v) is 15.9. The van der Waals surface area contributed by atoms with Gasteiger partial charge in [-0.1, -0.05) is 97.1 Å². The molecular weight excluding hydrogens is 556 g/mol. The lowest BCUT2D eigenvalue weighted by atomic mass is 9.87. The summed E-state index contributed by atoms with van der Waals surface area (Å²) in [7, 11) is 0. The fraction of sp³-hybridized carbons (Fsp3) is 0.0455. The lowest BCUT2D eigenvalue weighted by molar-refractivity contribution is 1.26. The van der Waals surface area contributed by atoms with E-state index in [4.69, 9.17) is 9.97 Å². The van der Waals surface area contributed by atoms with Gasteiger partial charge in [-0.3, -0.25) is 9.97 Å². The van der Waals surface area contributed by atoms with Crippen LogP contribution in [0.25, 0.3) is 97.9 Å². The number of benzene rings is 8. The van der Waals surface area contributed by atoms with E-state index < -0.39 is 0 Å². The summed E-state index contributed by atoms with van der Waals surface area (Å²) in [5.41, 5.74) is 8.96. The molecule has 2 heteroatoms. The summed E-state index contributed by atoms with van der Waals surface area (Å²) in [5, 5.41) is 14.7. The molecule has 0 saturated carbocycles. The lowest BCUT2D eigenvalue weighted by Gasteiger charge is -2.19. The van der Waals surface area contributed by atoms with Gasteiger partial charge < -0.3 is 0 Å². The van der Waals surface area contributed by atoms with Crippen LogP contribution in [0.1, 0.15) is 11.4 Å². The Hall–Kier alpha value is -5.86. The number of aryl methyl sites for hydroxylation is 2. The Morgan fingerprint density at radius 2 is 0.674 bits per heavy atom. The molecule has 10 aromatic rings. The highest BCUT2D eigenvalue weighted by Crippen LogP contribution is 2.44. The minimum atomic E-state index is 1.02. The molecule has 0 N–H and O–H groups in total. The minimum absolute atomic E-state index is 1.02. The van der Waals surface area contributed by atoms with E-state index in [1.165, 1.54) is 76.1 Å². The Morgan fingerprint density at radius 3 is 1.02 bits per heavy atom. The molecule has 0 aliphatic heterocycles. The summed E-state index contributed by atoms with van der Waals surface area (Å²) in [5.74, 6) is 0. The van der Waals surface area contributed by atoms with Crippen molar-refractivity contribution in [2.45, 2.75) is 13.8 Å². The number of pyridine rings is 2. The predicted octanol–water partition coefficient (Wildman–Crippen LogP) is 11.9. The molecule has 0 aliphatic carbocycles. The van der Waals surface area contributed by atoms with E-state index in [1.807, 2.05) is 0 Å². The van der Waals surface area contributed by atoms with Gasteiger partial charge in [-0.2, -0.15) is 0 Å². The van der Waals surface area contributed by atoms with Gasteiger partial charge in [-0.15, -0.1) is 0 Å². The zero-order valence-corrected chi connectivity index (χ0v) is 25.6. The van der Waals surface area contributed by atoms with E-state index in [9.17, 15) is 0 Å². The Bertz CT molecular complexity index is 2570. The van der Waals surface area contributed by atoms with Crippen molar-refractivity contribution in [2.24, 2.45) is 0 Å². The van der Waals surface area contributed by atoms with Gasteiger partial charge in [0.1, 0.15) is 0 Å². The highest BCUT2D eigenvalue weighted by molar-refractivity contribution is 6.25. The van der Waals surface area contributed by atoms with Crippen LogP contribution in [0.2, 0.25) is 0 Å². The smallest absolute Gasteiger partial charge is 0.0725 e. The second kappa shape index (κ2) is 9.32. The standard InChI is InChI=1S/C44H28N2/c1-25-37-21-31(41-33-15-7-3-11-27(33)19-28-12-4-8-16-34(28)41)24-40-43(37)44-38(26(2)46-40)22-32(23-39(44)45-25)42-35-17-9-5-13-29(35)20-30-14-6-10-18-36(30)42/h3-24H,1-2H3. The van der Waals surface area contributed by atoms with Crippen LogP contribution in [0.3, 0.4) is 0 Å². The maximum absolute atomic E-state index is 5.32. The molecule has 0 aliphatic rings. The maximum Gasteiger partial charge on any atom is 0.0725 e. The molecule has 214 valence electrons. The highest BCUT2D eigenvalue weighted by atomic mass is 14.7. The third-order valence-corrected chi connectivity index (χ3v) is 9.96. The van der Waals surface area contributed by atoms with E-state index in [-0.39, 0.29) is 0 Å². The van der Waals surface area contributed by atoms with Crippen LogP contribution in [0.15, 0.2) is 133 Å². The summed E-state index contributed by atoms with van der Waals surface area (Å²) >= 11 is 0. The van der Waals surface area contributed by atoms with Crippen molar-refractivity contribution < 1.29 is 0 Å². The van der Waals surface area contributed by atoms with Crippen LogP contribution in [-0.2, 0) is 0 Å². The Kier molecular flexibility index (Phi) is 5.16. The molecule has 0 unspecified atom stereocenters. The average Bonchev–Trinajstić information content (AvgIpc) is 3.08. The van der Waals surface area contributed by atoms with Gasteiger partial charge in [0.15, 0.2) is 0 Å². The van der Waals surface area contributed by atoms with Crippen molar-refractivity contribution in [3.8, 4) is 22.3 Å². The monoisotopic (exact) mass is 584 g/mol. The molecule has 46 heavy (non-hydrogen) atoms. The molecule has 8 aromatic carbocycles. The molecular formula is C44H28N2. The summed E-state index contributed by atoms with van der Waals surface area (Å²) in [6, 6.07) is 48.7. The third kappa shape index (κ3) is 3.53. The summed E-state index contributed by atoms with van der Waals surface area (Å²) < 4.78 is 0. The number of aromatic nitrogens is 2. The van der Waals surface area contributed by atoms with Crippen molar-refractivity contribution in [1.29, 1.82) is 0 Å². The zero-order valence-electron chi connectivity index (χ0n) is 25.6. The van der Waals surface area contributed by atoms with E-state index >= 15 is 0 Å². The number of fused-ring (bicyclic) bond motifs is 4. The van der Waals surface area contributed by atoms with Crippen molar-refractivity contribution in [3.63, 3.8) is 0 Å². The number of nitrogens with zero attached hydrogens (tertiary/aromatic N) is 2. The van der Waals surface area contributed by atoms with Crippen LogP contribution in [0, 0.1) is 13.8 Å². The number of rotatable bonds is 2. The second-order valence-electron chi connectivity index (χ2n) is 12.6. The first-order valence-electron chi connectivity index (χ1n) is 15.9. The molecule has 0 saturated heterocycles. The molecule has 0 radical (unpaired) electrons. The lowest BCUT2D eigenvalue weighted by Crippen LogP contribution is -1.98. The summed E-state index contributed by atoms with van der Waals surface area (Å²) in [6.45, 7) is 4.29. The van der Waals surface area contributed by atoms with Crippen LogP contribution in [-0.4, -0.2) is 9.97 Å². The Labute approximate surface area is 265 Å². The van der Waals surface area contributed by atoms with Gasteiger partial charge in [0, 0.05) is 32.9 Å². The molecule has 10 rings (SSSR count). The molecule has 0 atom stereocenters. The number of hydrogen-bond acceptors (Lipinski definition) is 2. The van der Waals surface area contributed by atoms with Gasteiger partial charge in [-0.05, 0) is 116 Å². The predicted molar refractivity (Wildman–Crippen MR) is 196 cm³/mol. The molecule has 2 heterocycles. The van der Waals surface area contributed by atoms with Crippen LogP contribution < -0.4 is 0 Å². The van der Waals surface area contributed by atoms with E-state index in [1.54, 1.807) is 0 Å².